The standard InChI is InChI=1S/C13H11F8NO2/c1-2-24-10(23)11(14,15)9(22)7-5-6(12(16,17)18)3-4-8(7)13(19,20)21/h3-5,9H,2,22H2,1H3/t9-/m1/s1. The average molecular weight is 365 g/mol. The lowest BCUT2D eigenvalue weighted by atomic mass is 9.93. The first-order chi connectivity index (χ1) is 10.7. The Kier molecular flexibility index (Phi) is 5.48. The van der Waals surface area contributed by atoms with Crippen LogP contribution in [0.2, 0.25) is 0 Å². The Morgan fingerprint density at radius 3 is 2.04 bits per heavy atom. The summed E-state index contributed by atoms with van der Waals surface area (Å²) in [5.41, 5.74) is 0.0260. The highest BCUT2D eigenvalue weighted by atomic mass is 19.4. The van der Waals surface area contributed by atoms with Crippen molar-refractivity contribution in [3.63, 3.8) is 0 Å². The topological polar surface area (TPSA) is 52.3 Å². The smallest absolute Gasteiger partial charge is 0.416 e. The second-order valence-corrected chi connectivity index (χ2v) is 4.62. The van der Waals surface area contributed by atoms with Crippen molar-refractivity contribution in [1.29, 1.82) is 0 Å². The SMILES string of the molecule is CCOC(=O)C(F)(F)[C@H](N)c1cc(C(F)(F)F)ccc1C(F)(F)F. The molecule has 0 aliphatic carbocycles. The Morgan fingerprint density at radius 1 is 1.08 bits per heavy atom. The highest BCUT2D eigenvalue weighted by Crippen LogP contribution is 2.41. The molecule has 0 heterocycles. The number of benzene rings is 1. The molecule has 0 fully saturated rings. The third kappa shape index (κ3) is 4.13. The van der Waals surface area contributed by atoms with Crippen molar-refractivity contribution in [1.82, 2.24) is 0 Å². The maximum atomic E-state index is 13.8. The van der Waals surface area contributed by atoms with Crippen LogP contribution in [0.15, 0.2) is 18.2 Å². The lowest BCUT2D eigenvalue weighted by Crippen LogP contribution is -2.42. The molecule has 0 radical (unpaired) electrons. The van der Waals surface area contributed by atoms with E-state index in [4.69, 9.17) is 5.73 Å². The Bertz CT molecular complexity index is 609. The summed E-state index contributed by atoms with van der Waals surface area (Å²) in [6, 6.07) is -3.06. The number of hydrogen-bond acceptors (Lipinski definition) is 3. The van der Waals surface area contributed by atoms with Crippen LogP contribution in [-0.4, -0.2) is 18.5 Å². The molecular weight excluding hydrogens is 354 g/mol. The number of rotatable bonds is 4. The van der Waals surface area contributed by atoms with Gasteiger partial charge < -0.3 is 10.5 Å². The molecule has 0 aromatic heterocycles. The molecule has 1 aromatic rings. The number of carbonyl (C=O) groups is 1. The predicted molar refractivity (Wildman–Crippen MR) is 65.0 cm³/mol. The maximum Gasteiger partial charge on any atom is 0.416 e. The van der Waals surface area contributed by atoms with Gasteiger partial charge in [0.05, 0.1) is 17.7 Å². The van der Waals surface area contributed by atoms with Gasteiger partial charge in [0.1, 0.15) is 6.04 Å². The van der Waals surface area contributed by atoms with Gasteiger partial charge in [0.25, 0.3) is 0 Å². The molecule has 0 saturated heterocycles. The Labute approximate surface area is 130 Å². The van der Waals surface area contributed by atoms with Crippen molar-refractivity contribution in [2.24, 2.45) is 5.73 Å². The molecule has 2 N–H and O–H groups in total. The molecule has 11 heteroatoms. The first kappa shape index (κ1) is 20.1. The van der Waals surface area contributed by atoms with Gasteiger partial charge in [0.2, 0.25) is 0 Å². The third-order valence-electron chi connectivity index (χ3n) is 2.96. The number of carbonyl (C=O) groups excluding carboxylic acids is 1. The van der Waals surface area contributed by atoms with Crippen molar-refractivity contribution in [2.45, 2.75) is 31.2 Å². The van der Waals surface area contributed by atoms with Crippen LogP contribution in [0, 0.1) is 0 Å². The van der Waals surface area contributed by atoms with E-state index in [-0.39, 0.29) is 18.2 Å². The van der Waals surface area contributed by atoms with Crippen LogP contribution < -0.4 is 5.73 Å². The molecule has 1 aromatic carbocycles. The normalized spacial score (nSPS) is 14.4. The van der Waals surface area contributed by atoms with E-state index in [0.717, 1.165) is 6.92 Å². The summed E-state index contributed by atoms with van der Waals surface area (Å²) in [7, 11) is 0. The summed E-state index contributed by atoms with van der Waals surface area (Å²) in [6.45, 7) is 0.640. The van der Waals surface area contributed by atoms with Crippen LogP contribution in [0.1, 0.15) is 29.7 Å². The predicted octanol–water partition coefficient (Wildman–Crippen LogP) is 3.92. The highest BCUT2D eigenvalue weighted by molar-refractivity contribution is 5.79. The first-order valence-electron chi connectivity index (χ1n) is 6.31. The molecule has 0 unspecified atom stereocenters. The quantitative estimate of drug-likeness (QED) is 0.650. The minimum absolute atomic E-state index is 0.0146. The summed E-state index contributed by atoms with van der Waals surface area (Å²) in [4.78, 5) is 11.2. The van der Waals surface area contributed by atoms with Gasteiger partial charge in [-0.3, -0.25) is 0 Å². The van der Waals surface area contributed by atoms with Crippen LogP contribution in [0.4, 0.5) is 35.1 Å². The number of halogens is 8. The van der Waals surface area contributed by atoms with Crippen molar-refractivity contribution in [3.8, 4) is 0 Å². The van der Waals surface area contributed by atoms with Crippen LogP contribution in [0.3, 0.4) is 0 Å². The monoisotopic (exact) mass is 365 g/mol. The van der Waals surface area contributed by atoms with E-state index >= 15 is 0 Å². The van der Waals surface area contributed by atoms with E-state index < -0.39 is 53.6 Å². The first-order valence-corrected chi connectivity index (χ1v) is 6.31. The van der Waals surface area contributed by atoms with E-state index in [9.17, 15) is 39.9 Å². The van der Waals surface area contributed by atoms with E-state index in [1.807, 2.05) is 0 Å². The lowest BCUT2D eigenvalue weighted by Gasteiger charge is -2.25. The minimum Gasteiger partial charge on any atom is -0.462 e. The van der Waals surface area contributed by atoms with Gasteiger partial charge in [-0.15, -0.1) is 0 Å². The number of alkyl halides is 8. The zero-order valence-electron chi connectivity index (χ0n) is 11.9. The summed E-state index contributed by atoms with van der Waals surface area (Å²) in [5, 5.41) is 0. The Balaban J connectivity index is 3.50. The fourth-order valence-electron chi connectivity index (χ4n) is 1.80. The molecule has 0 aliphatic heterocycles. The zero-order chi connectivity index (χ0) is 18.9. The van der Waals surface area contributed by atoms with Gasteiger partial charge in [-0.05, 0) is 30.7 Å². The largest absolute Gasteiger partial charge is 0.462 e. The fourth-order valence-corrected chi connectivity index (χ4v) is 1.80. The number of esters is 1. The summed E-state index contributed by atoms with van der Waals surface area (Å²) >= 11 is 0. The van der Waals surface area contributed by atoms with Crippen LogP contribution >= 0.6 is 0 Å². The summed E-state index contributed by atoms with van der Waals surface area (Å²) < 4.78 is 108. The number of nitrogens with two attached hydrogens (primary N) is 1. The highest BCUT2D eigenvalue weighted by Gasteiger charge is 2.51. The number of hydrogen-bond donors (Lipinski definition) is 1. The summed E-state index contributed by atoms with van der Waals surface area (Å²) in [6.07, 6.45) is -10.3. The molecule has 24 heavy (non-hydrogen) atoms. The zero-order valence-corrected chi connectivity index (χ0v) is 11.9. The van der Waals surface area contributed by atoms with Gasteiger partial charge in [-0.25, -0.2) is 4.79 Å². The molecule has 0 amide bonds. The third-order valence-corrected chi connectivity index (χ3v) is 2.96. The van der Waals surface area contributed by atoms with Crippen molar-refractivity contribution >= 4 is 5.97 Å². The van der Waals surface area contributed by atoms with E-state index in [0.29, 0.717) is 0 Å². The fraction of sp³-hybridized carbons (Fsp3) is 0.462. The van der Waals surface area contributed by atoms with Crippen LogP contribution in [0.25, 0.3) is 0 Å². The maximum absolute atomic E-state index is 13.8. The molecule has 0 aliphatic rings. The average Bonchev–Trinajstić information content (AvgIpc) is 2.44. The molecule has 136 valence electrons. The molecule has 0 bridgehead atoms. The minimum atomic E-state index is -5.25. The van der Waals surface area contributed by atoms with Gasteiger partial charge in [0, 0.05) is 0 Å². The van der Waals surface area contributed by atoms with Gasteiger partial charge in [-0.1, -0.05) is 0 Å². The Hall–Kier alpha value is -1.91. The lowest BCUT2D eigenvalue weighted by molar-refractivity contribution is -0.175. The second kappa shape index (κ2) is 6.54. The molecule has 1 rings (SSSR count). The molecule has 3 nitrogen and oxygen atoms in total. The molecule has 0 spiro atoms. The van der Waals surface area contributed by atoms with Crippen LogP contribution in [-0.2, 0) is 21.9 Å². The van der Waals surface area contributed by atoms with Crippen molar-refractivity contribution in [3.05, 3.63) is 34.9 Å². The van der Waals surface area contributed by atoms with E-state index in [2.05, 4.69) is 4.74 Å². The van der Waals surface area contributed by atoms with E-state index in [1.165, 1.54) is 0 Å². The van der Waals surface area contributed by atoms with Crippen molar-refractivity contribution in [2.75, 3.05) is 6.61 Å². The molecule has 1 atom stereocenters. The Morgan fingerprint density at radius 2 is 1.62 bits per heavy atom. The van der Waals surface area contributed by atoms with Gasteiger partial charge in [0.15, 0.2) is 0 Å². The molecule has 0 saturated carbocycles. The molecular formula is C13H11F8NO2. The van der Waals surface area contributed by atoms with Crippen molar-refractivity contribution < 1.29 is 44.7 Å². The van der Waals surface area contributed by atoms with Gasteiger partial charge in [-0.2, -0.15) is 35.1 Å². The van der Waals surface area contributed by atoms with Gasteiger partial charge >= 0.3 is 24.2 Å². The number of ether oxygens (including phenoxy) is 1. The van der Waals surface area contributed by atoms with E-state index in [1.54, 1.807) is 0 Å². The second-order valence-electron chi connectivity index (χ2n) is 4.62. The summed E-state index contributed by atoms with van der Waals surface area (Å²) in [5.74, 6) is -6.89. The van der Waals surface area contributed by atoms with Crippen LogP contribution in [0.5, 0.6) is 0 Å².